The first-order valence-corrected chi connectivity index (χ1v) is 6.42. The molecule has 0 unspecified atom stereocenters. The van der Waals surface area contributed by atoms with Crippen LogP contribution >= 0.6 is 0 Å². The Morgan fingerprint density at radius 2 is 1.94 bits per heavy atom. The van der Waals surface area contributed by atoms with E-state index in [0.29, 0.717) is 13.2 Å². The van der Waals surface area contributed by atoms with Crippen LogP contribution in [0.4, 0.5) is 0 Å². The maximum absolute atomic E-state index is 5.77. The summed E-state index contributed by atoms with van der Waals surface area (Å²) in [5, 5.41) is 0. The molecule has 0 saturated heterocycles. The van der Waals surface area contributed by atoms with E-state index in [9.17, 15) is 0 Å². The molecule has 0 aliphatic rings. The number of hydrogen-bond acceptors (Lipinski definition) is 3. The largest absolute Gasteiger partial charge is 0.380 e. The van der Waals surface area contributed by atoms with Gasteiger partial charge in [0.2, 0.25) is 0 Å². The second kappa shape index (κ2) is 6.88. The zero-order chi connectivity index (χ0) is 13.6. The second-order valence-electron chi connectivity index (χ2n) is 5.79. The van der Waals surface area contributed by atoms with Gasteiger partial charge in [-0.05, 0) is 30.1 Å². The van der Waals surface area contributed by atoms with Crippen LogP contribution < -0.4 is 5.73 Å². The van der Waals surface area contributed by atoms with Crippen molar-refractivity contribution in [2.75, 3.05) is 27.2 Å². The van der Waals surface area contributed by atoms with Crippen LogP contribution in [0.25, 0.3) is 0 Å². The van der Waals surface area contributed by atoms with E-state index >= 15 is 0 Å². The van der Waals surface area contributed by atoms with Crippen LogP contribution in [0.1, 0.15) is 25.0 Å². The van der Waals surface area contributed by atoms with E-state index in [1.54, 1.807) is 7.11 Å². The van der Waals surface area contributed by atoms with Gasteiger partial charge in [-0.1, -0.05) is 38.1 Å². The predicted octanol–water partition coefficient (Wildman–Crippen LogP) is 2.25. The zero-order valence-corrected chi connectivity index (χ0v) is 12.1. The van der Waals surface area contributed by atoms with Crippen molar-refractivity contribution in [3.8, 4) is 0 Å². The Morgan fingerprint density at radius 1 is 1.28 bits per heavy atom. The third kappa shape index (κ3) is 5.17. The van der Waals surface area contributed by atoms with E-state index in [-0.39, 0.29) is 5.41 Å². The summed E-state index contributed by atoms with van der Waals surface area (Å²) >= 11 is 0. The summed E-state index contributed by atoms with van der Waals surface area (Å²) in [7, 11) is 3.86. The molecule has 0 radical (unpaired) electrons. The lowest BCUT2D eigenvalue weighted by Crippen LogP contribution is -2.36. The average molecular weight is 250 g/mol. The van der Waals surface area contributed by atoms with Crippen molar-refractivity contribution in [2.45, 2.75) is 27.0 Å². The summed E-state index contributed by atoms with van der Waals surface area (Å²) in [5.74, 6) is 0. The van der Waals surface area contributed by atoms with Crippen molar-refractivity contribution in [3.05, 3.63) is 35.4 Å². The summed E-state index contributed by atoms with van der Waals surface area (Å²) in [6.45, 7) is 7.72. The molecule has 0 saturated carbocycles. The fraction of sp³-hybridized carbons (Fsp3) is 0.600. The van der Waals surface area contributed by atoms with E-state index in [1.807, 2.05) is 0 Å². The molecule has 0 spiro atoms. The molecular weight excluding hydrogens is 224 g/mol. The van der Waals surface area contributed by atoms with Gasteiger partial charge in [0.05, 0.1) is 6.61 Å². The minimum Gasteiger partial charge on any atom is -0.380 e. The molecular formula is C15H26N2O. The molecule has 0 bridgehead atoms. The van der Waals surface area contributed by atoms with E-state index in [4.69, 9.17) is 10.5 Å². The Balaban J connectivity index is 2.58. The summed E-state index contributed by atoms with van der Waals surface area (Å²) in [6, 6.07) is 8.54. The van der Waals surface area contributed by atoms with Crippen LogP contribution in [0.15, 0.2) is 24.3 Å². The summed E-state index contributed by atoms with van der Waals surface area (Å²) in [4.78, 5) is 2.32. The molecule has 3 nitrogen and oxygen atoms in total. The predicted molar refractivity (Wildman–Crippen MR) is 76.3 cm³/mol. The number of nitrogens with two attached hydrogens (primary N) is 1. The highest BCUT2D eigenvalue weighted by molar-refractivity contribution is 5.22. The number of methoxy groups -OCH3 is 1. The first-order chi connectivity index (χ1) is 8.46. The third-order valence-electron chi connectivity index (χ3n) is 3.01. The molecule has 18 heavy (non-hydrogen) atoms. The van der Waals surface area contributed by atoms with Gasteiger partial charge in [0.15, 0.2) is 0 Å². The maximum Gasteiger partial charge on any atom is 0.0713 e. The molecule has 0 aliphatic carbocycles. The Hall–Kier alpha value is -0.900. The lowest BCUT2D eigenvalue weighted by atomic mass is 9.93. The van der Waals surface area contributed by atoms with Gasteiger partial charge < -0.3 is 15.4 Å². The number of rotatable bonds is 7. The van der Waals surface area contributed by atoms with Gasteiger partial charge in [-0.15, -0.1) is 0 Å². The first kappa shape index (κ1) is 15.2. The highest BCUT2D eigenvalue weighted by atomic mass is 16.5. The Bertz CT molecular complexity index is 363. The quantitative estimate of drug-likeness (QED) is 0.806. The highest BCUT2D eigenvalue weighted by Crippen LogP contribution is 2.16. The second-order valence-corrected chi connectivity index (χ2v) is 5.79. The van der Waals surface area contributed by atoms with E-state index in [2.05, 4.69) is 50.1 Å². The van der Waals surface area contributed by atoms with Crippen molar-refractivity contribution < 1.29 is 4.74 Å². The Labute approximate surface area is 111 Å². The molecule has 0 aliphatic heterocycles. The average Bonchev–Trinajstić information content (AvgIpc) is 2.29. The first-order valence-electron chi connectivity index (χ1n) is 6.42. The lowest BCUT2D eigenvalue weighted by molar-refractivity contribution is 0.184. The van der Waals surface area contributed by atoms with Crippen molar-refractivity contribution in [2.24, 2.45) is 11.1 Å². The third-order valence-corrected chi connectivity index (χ3v) is 3.01. The molecule has 0 aromatic heterocycles. The molecule has 1 aromatic carbocycles. The van der Waals surface area contributed by atoms with Crippen LogP contribution in [0, 0.1) is 5.41 Å². The van der Waals surface area contributed by atoms with Gasteiger partial charge in [-0.2, -0.15) is 0 Å². The van der Waals surface area contributed by atoms with Crippen molar-refractivity contribution >= 4 is 0 Å². The molecule has 0 heterocycles. The van der Waals surface area contributed by atoms with Gasteiger partial charge in [-0.25, -0.2) is 0 Å². The van der Waals surface area contributed by atoms with E-state index in [1.165, 1.54) is 11.1 Å². The van der Waals surface area contributed by atoms with Gasteiger partial charge >= 0.3 is 0 Å². The fourth-order valence-corrected chi connectivity index (χ4v) is 2.15. The summed E-state index contributed by atoms with van der Waals surface area (Å²) in [5.41, 5.74) is 8.48. The standard InChI is InChI=1S/C15H26N2O/c1-15(2,11-16)12-17(3)9-13-6-5-7-14(8-13)10-18-4/h5-8H,9-12,16H2,1-4H3. The van der Waals surface area contributed by atoms with Crippen LogP contribution in [0.3, 0.4) is 0 Å². The van der Waals surface area contributed by atoms with Crippen LogP contribution in [-0.4, -0.2) is 32.1 Å². The SMILES string of the molecule is COCc1cccc(CN(C)CC(C)(C)CN)c1. The monoisotopic (exact) mass is 250 g/mol. The number of benzene rings is 1. The molecule has 0 fully saturated rings. The minimum atomic E-state index is 0.166. The number of nitrogens with zero attached hydrogens (tertiary/aromatic N) is 1. The van der Waals surface area contributed by atoms with Crippen molar-refractivity contribution in [3.63, 3.8) is 0 Å². The smallest absolute Gasteiger partial charge is 0.0713 e. The van der Waals surface area contributed by atoms with Gasteiger partial charge in [0, 0.05) is 20.2 Å². The van der Waals surface area contributed by atoms with Crippen molar-refractivity contribution in [1.82, 2.24) is 4.90 Å². The van der Waals surface area contributed by atoms with Crippen LogP contribution in [0.2, 0.25) is 0 Å². The van der Waals surface area contributed by atoms with Crippen LogP contribution in [0.5, 0.6) is 0 Å². The highest BCUT2D eigenvalue weighted by Gasteiger charge is 2.17. The van der Waals surface area contributed by atoms with Gasteiger partial charge in [-0.3, -0.25) is 0 Å². The summed E-state index contributed by atoms with van der Waals surface area (Å²) in [6.07, 6.45) is 0. The lowest BCUT2D eigenvalue weighted by Gasteiger charge is -2.29. The maximum atomic E-state index is 5.77. The summed E-state index contributed by atoms with van der Waals surface area (Å²) < 4.78 is 5.16. The molecule has 3 heteroatoms. The van der Waals surface area contributed by atoms with Gasteiger partial charge in [0.1, 0.15) is 0 Å². The Kier molecular flexibility index (Phi) is 5.79. The molecule has 0 atom stereocenters. The Morgan fingerprint density at radius 3 is 2.56 bits per heavy atom. The minimum absolute atomic E-state index is 0.166. The number of hydrogen-bond donors (Lipinski definition) is 1. The molecule has 2 N–H and O–H groups in total. The number of ether oxygens (including phenoxy) is 1. The molecule has 0 amide bonds. The van der Waals surface area contributed by atoms with E-state index in [0.717, 1.165) is 13.1 Å². The molecule has 1 rings (SSSR count). The zero-order valence-electron chi connectivity index (χ0n) is 12.1. The molecule has 102 valence electrons. The fourth-order valence-electron chi connectivity index (χ4n) is 2.15. The normalized spacial score (nSPS) is 12.1. The van der Waals surface area contributed by atoms with Gasteiger partial charge in [0.25, 0.3) is 0 Å². The van der Waals surface area contributed by atoms with Crippen molar-refractivity contribution in [1.29, 1.82) is 0 Å². The van der Waals surface area contributed by atoms with Crippen LogP contribution in [-0.2, 0) is 17.9 Å². The topological polar surface area (TPSA) is 38.5 Å². The molecule has 1 aromatic rings. The van der Waals surface area contributed by atoms with E-state index < -0.39 is 0 Å².